The van der Waals surface area contributed by atoms with Crippen molar-refractivity contribution < 1.29 is 0 Å². The molecule has 1 aliphatic heterocycles. The molecule has 0 nitrogen and oxygen atoms in total. The van der Waals surface area contributed by atoms with Gasteiger partial charge in [0.05, 0.1) is 0 Å². The van der Waals surface area contributed by atoms with Gasteiger partial charge in [-0.25, -0.2) is 0 Å². The maximum atomic E-state index is 2.44. The molecule has 33 heavy (non-hydrogen) atoms. The molecule has 0 N–H and O–H groups in total. The second-order valence-corrected chi connectivity index (χ2v) is 13.8. The second kappa shape index (κ2) is 7.02. The van der Waals surface area contributed by atoms with Crippen LogP contribution in [0.5, 0.6) is 0 Å². The molecule has 7 rings (SSSR count). The zero-order chi connectivity index (χ0) is 22.0. The molecule has 0 fully saturated rings. The zero-order valence-corrected chi connectivity index (χ0v) is 20.2. The summed E-state index contributed by atoms with van der Waals surface area (Å²) in [7, 11) is -2.50. The van der Waals surface area contributed by atoms with E-state index in [2.05, 4.69) is 122 Å². The summed E-state index contributed by atoms with van der Waals surface area (Å²) in [5.41, 5.74) is 4.14. The van der Waals surface area contributed by atoms with Crippen LogP contribution in [-0.2, 0) is 0 Å². The number of aryl methyl sites for hydroxylation is 1. The van der Waals surface area contributed by atoms with Gasteiger partial charge in [0.25, 0.3) is 0 Å². The first-order valence-electron chi connectivity index (χ1n) is 11.5. The van der Waals surface area contributed by atoms with Crippen LogP contribution in [-0.4, -0.2) is 8.07 Å². The Morgan fingerprint density at radius 3 is 2.21 bits per heavy atom. The Morgan fingerprint density at radius 1 is 0.576 bits per heavy atom. The third kappa shape index (κ3) is 2.51. The molecule has 0 bridgehead atoms. The molecule has 0 aliphatic carbocycles. The minimum Gasteiger partial charge on any atom is -0.135 e. The number of thiophene rings is 1. The fraction of sp³-hybridized carbons (Fsp3) is 0.0323. The van der Waals surface area contributed by atoms with Gasteiger partial charge in [-0.1, -0.05) is 109 Å². The summed E-state index contributed by atoms with van der Waals surface area (Å²) in [6, 6.07) is 43.4. The molecular weight excluding hydrogens is 432 g/mol. The minimum absolute atomic E-state index is 1.32. The highest BCUT2D eigenvalue weighted by molar-refractivity contribution is 7.28. The van der Waals surface area contributed by atoms with Crippen molar-refractivity contribution in [2.24, 2.45) is 0 Å². The number of rotatable bonds is 2. The Hall–Kier alpha value is -3.46. The summed E-state index contributed by atoms with van der Waals surface area (Å²) in [5, 5.41) is 8.87. The van der Waals surface area contributed by atoms with Gasteiger partial charge in [0.1, 0.15) is 0 Å². The van der Waals surface area contributed by atoms with Crippen LogP contribution in [0.25, 0.3) is 31.3 Å². The first-order chi connectivity index (χ1) is 16.3. The van der Waals surface area contributed by atoms with E-state index >= 15 is 0 Å². The molecule has 2 heterocycles. The molecule has 156 valence electrons. The molecular formula is C31H22SSi. The highest BCUT2D eigenvalue weighted by atomic mass is 32.1. The van der Waals surface area contributed by atoms with Crippen LogP contribution < -0.4 is 20.7 Å². The molecule has 5 aromatic carbocycles. The van der Waals surface area contributed by atoms with Crippen molar-refractivity contribution in [1.82, 2.24) is 0 Å². The summed E-state index contributed by atoms with van der Waals surface area (Å²) in [5.74, 6) is 0. The molecule has 2 heteroatoms. The molecule has 0 saturated heterocycles. The predicted octanol–water partition coefficient (Wildman–Crippen LogP) is 5.72. The van der Waals surface area contributed by atoms with E-state index < -0.39 is 8.07 Å². The van der Waals surface area contributed by atoms with Crippen LogP contribution >= 0.6 is 11.3 Å². The number of hydrogen-bond acceptors (Lipinski definition) is 1. The standard InChI is InChI=1S/C31H22SSi/c1-21-10-9-13-23(20-21)33(22-11-3-2-4-12-22)29-17-8-6-14-24(29)25-18-19-28-30(31(25)33)26-15-5-7-16-27(26)32-28/h2-20H,1H3. The molecule has 1 atom stereocenters. The number of hydrogen-bond donors (Lipinski definition) is 0. The Morgan fingerprint density at radius 2 is 1.33 bits per heavy atom. The van der Waals surface area contributed by atoms with Crippen molar-refractivity contribution >= 4 is 60.3 Å². The third-order valence-electron chi connectivity index (χ3n) is 7.20. The predicted molar refractivity (Wildman–Crippen MR) is 147 cm³/mol. The topological polar surface area (TPSA) is 0 Å². The molecule has 0 amide bonds. The Kier molecular flexibility index (Phi) is 4.05. The summed E-state index contributed by atoms with van der Waals surface area (Å²) in [6.07, 6.45) is 0. The van der Waals surface area contributed by atoms with E-state index in [0.29, 0.717) is 0 Å². The van der Waals surface area contributed by atoms with E-state index in [1.54, 1.807) is 5.19 Å². The fourth-order valence-electron chi connectivity index (χ4n) is 5.94. The van der Waals surface area contributed by atoms with Gasteiger partial charge in [0.15, 0.2) is 8.07 Å². The van der Waals surface area contributed by atoms with E-state index in [0.717, 1.165) is 0 Å². The molecule has 1 aromatic heterocycles. The van der Waals surface area contributed by atoms with Crippen LogP contribution in [0.15, 0.2) is 115 Å². The van der Waals surface area contributed by atoms with Gasteiger partial charge in [-0.2, -0.15) is 0 Å². The summed E-state index contributed by atoms with van der Waals surface area (Å²) >= 11 is 1.92. The fourth-order valence-corrected chi connectivity index (χ4v) is 12.7. The smallest absolute Gasteiger partial charge is 0.135 e. The largest absolute Gasteiger partial charge is 0.181 e. The van der Waals surface area contributed by atoms with Crippen LogP contribution in [0.2, 0.25) is 0 Å². The van der Waals surface area contributed by atoms with Gasteiger partial charge >= 0.3 is 0 Å². The average molecular weight is 455 g/mol. The first-order valence-corrected chi connectivity index (χ1v) is 14.3. The molecule has 0 radical (unpaired) electrons. The normalized spacial score (nSPS) is 16.8. The first kappa shape index (κ1) is 19.0. The Labute approximate surface area is 198 Å². The van der Waals surface area contributed by atoms with Gasteiger partial charge in [-0.05, 0) is 50.9 Å². The van der Waals surface area contributed by atoms with Crippen molar-refractivity contribution in [3.05, 3.63) is 121 Å². The monoisotopic (exact) mass is 454 g/mol. The molecule has 6 aromatic rings. The summed E-state index contributed by atoms with van der Waals surface area (Å²) in [4.78, 5) is 0. The van der Waals surface area contributed by atoms with E-state index in [4.69, 9.17) is 0 Å². The van der Waals surface area contributed by atoms with Crippen LogP contribution in [0.3, 0.4) is 0 Å². The lowest BCUT2D eigenvalue weighted by molar-refractivity contribution is 1.49. The zero-order valence-electron chi connectivity index (χ0n) is 18.4. The van der Waals surface area contributed by atoms with Crippen LogP contribution in [0, 0.1) is 6.92 Å². The van der Waals surface area contributed by atoms with Crippen LogP contribution in [0.1, 0.15) is 5.56 Å². The Bertz CT molecular complexity index is 1680. The summed E-state index contributed by atoms with van der Waals surface area (Å²) in [6.45, 7) is 2.22. The van der Waals surface area contributed by atoms with Crippen LogP contribution in [0.4, 0.5) is 0 Å². The van der Waals surface area contributed by atoms with Gasteiger partial charge < -0.3 is 0 Å². The maximum absolute atomic E-state index is 2.50. The quantitative estimate of drug-likeness (QED) is 0.293. The molecule has 1 aliphatic rings. The van der Waals surface area contributed by atoms with E-state index in [1.807, 2.05) is 11.3 Å². The van der Waals surface area contributed by atoms with E-state index in [9.17, 15) is 0 Å². The van der Waals surface area contributed by atoms with Crippen molar-refractivity contribution in [1.29, 1.82) is 0 Å². The third-order valence-corrected chi connectivity index (χ3v) is 13.2. The SMILES string of the molecule is Cc1cccc([Si]2(c3ccccc3)c3ccccc3-c3ccc4sc5ccccc5c4c32)c1. The molecule has 0 spiro atoms. The van der Waals surface area contributed by atoms with Crippen molar-refractivity contribution in [3.63, 3.8) is 0 Å². The lowest BCUT2D eigenvalue weighted by Crippen LogP contribution is -2.73. The maximum Gasteiger partial charge on any atom is 0.181 e. The average Bonchev–Trinajstić information content (AvgIpc) is 3.38. The minimum atomic E-state index is -2.50. The van der Waals surface area contributed by atoms with Crippen molar-refractivity contribution in [2.45, 2.75) is 6.92 Å². The number of benzene rings is 5. The number of fused-ring (bicyclic) bond motifs is 7. The van der Waals surface area contributed by atoms with Gasteiger partial charge in [-0.15, -0.1) is 11.3 Å². The molecule has 0 saturated carbocycles. The van der Waals surface area contributed by atoms with Crippen molar-refractivity contribution in [3.8, 4) is 11.1 Å². The lowest BCUT2D eigenvalue weighted by atomic mass is 10.0. The lowest BCUT2D eigenvalue weighted by Gasteiger charge is -2.32. The second-order valence-electron chi connectivity index (χ2n) is 8.99. The van der Waals surface area contributed by atoms with Gasteiger partial charge in [-0.3, -0.25) is 0 Å². The summed E-state index contributed by atoms with van der Waals surface area (Å²) < 4.78 is 2.76. The highest BCUT2D eigenvalue weighted by Crippen LogP contribution is 2.39. The van der Waals surface area contributed by atoms with Gasteiger partial charge in [0.2, 0.25) is 0 Å². The van der Waals surface area contributed by atoms with E-state index in [1.165, 1.54) is 52.4 Å². The Balaban J connectivity index is 1.77. The van der Waals surface area contributed by atoms with Gasteiger partial charge in [0, 0.05) is 20.2 Å². The van der Waals surface area contributed by atoms with E-state index in [-0.39, 0.29) is 0 Å². The highest BCUT2D eigenvalue weighted by Gasteiger charge is 2.49. The van der Waals surface area contributed by atoms with Crippen molar-refractivity contribution in [2.75, 3.05) is 0 Å². The molecule has 1 unspecified atom stereocenters.